The molecule has 140 valence electrons. The van der Waals surface area contributed by atoms with Crippen molar-refractivity contribution in [3.05, 3.63) is 48.5 Å². The molecule has 2 atom stereocenters. The lowest BCUT2D eigenvalue weighted by atomic mass is 9.93. The number of likely N-dealkylation sites (tertiary alicyclic amines) is 1. The van der Waals surface area contributed by atoms with Crippen molar-refractivity contribution >= 4 is 11.6 Å². The van der Waals surface area contributed by atoms with E-state index in [1.807, 2.05) is 19.6 Å². The number of guanidine groups is 1. The Kier molecular flexibility index (Phi) is 5.81. The first-order valence-electron chi connectivity index (χ1n) is 9.27. The van der Waals surface area contributed by atoms with Crippen LogP contribution in [0.15, 0.2) is 48.0 Å². The monoisotopic (exact) mass is 354 g/mol. The van der Waals surface area contributed by atoms with Gasteiger partial charge < -0.3 is 19.7 Å². The van der Waals surface area contributed by atoms with Crippen molar-refractivity contribution in [3.8, 4) is 0 Å². The molecule has 0 bridgehead atoms. The molecule has 1 aromatic carbocycles. The average molecular weight is 355 g/mol. The maximum Gasteiger partial charge on any atom is 0.193 e. The highest BCUT2D eigenvalue weighted by Crippen LogP contribution is 2.27. The van der Waals surface area contributed by atoms with Gasteiger partial charge in [0.2, 0.25) is 0 Å². The third-order valence-corrected chi connectivity index (χ3v) is 5.24. The fraction of sp³-hybridized carbons (Fsp3) is 0.500. The summed E-state index contributed by atoms with van der Waals surface area (Å²) in [5, 5.41) is 3.52. The van der Waals surface area contributed by atoms with Gasteiger partial charge >= 0.3 is 0 Å². The van der Waals surface area contributed by atoms with E-state index in [9.17, 15) is 0 Å². The molecule has 26 heavy (non-hydrogen) atoms. The van der Waals surface area contributed by atoms with E-state index >= 15 is 0 Å². The van der Waals surface area contributed by atoms with Gasteiger partial charge in [0.1, 0.15) is 0 Å². The first kappa shape index (κ1) is 18.3. The van der Waals surface area contributed by atoms with Crippen molar-refractivity contribution in [2.75, 3.05) is 39.1 Å². The molecule has 1 aliphatic heterocycles. The molecule has 6 nitrogen and oxygen atoms in total. The highest BCUT2D eigenvalue weighted by Gasteiger charge is 2.28. The molecule has 1 N–H and O–H groups in total. The fourth-order valence-corrected chi connectivity index (χ4v) is 3.52. The summed E-state index contributed by atoms with van der Waals surface area (Å²) in [4.78, 5) is 13.2. The lowest BCUT2D eigenvalue weighted by Crippen LogP contribution is -2.48. The van der Waals surface area contributed by atoms with Crippen LogP contribution in [0.3, 0.4) is 0 Å². The first-order chi connectivity index (χ1) is 12.6. The number of imidazole rings is 1. The van der Waals surface area contributed by atoms with Crippen molar-refractivity contribution in [1.29, 1.82) is 0 Å². The van der Waals surface area contributed by atoms with Crippen LogP contribution in [-0.2, 0) is 6.54 Å². The molecule has 3 rings (SSSR count). The van der Waals surface area contributed by atoms with Crippen LogP contribution in [0.4, 0.5) is 5.69 Å². The zero-order valence-corrected chi connectivity index (χ0v) is 16.3. The minimum Gasteiger partial charge on any atom is -0.378 e. The first-order valence-corrected chi connectivity index (χ1v) is 9.27. The van der Waals surface area contributed by atoms with Crippen LogP contribution >= 0.6 is 0 Å². The third-order valence-electron chi connectivity index (χ3n) is 5.24. The van der Waals surface area contributed by atoms with Crippen LogP contribution in [0.5, 0.6) is 0 Å². The number of aromatic nitrogens is 2. The number of hydrogen-bond donors (Lipinski definition) is 1. The summed E-state index contributed by atoms with van der Waals surface area (Å²) < 4.78 is 2.23. The molecule has 0 aliphatic carbocycles. The molecule has 6 heteroatoms. The predicted octanol–water partition coefficient (Wildman–Crippen LogP) is 2.61. The predicted molar refractivity (Wildman–Crippen MR) is 108 cm³/mol. The number of rotatable bonds is 4. The minimum atomic E-state index is 0.434. The fourth-order valence-electron chi connectivity index (χ4n) is 3.52. The van der Waals surface area contributed by atoms with Gasteiger partial charge in [0.05, 0.1) is 12.4 Å². The Bertz CT molecular complexity index is 704. The minimum absolute atomic E-state index is 0.434. The Morgan fingerprint density at radius 2 is 2.08 bits per heavy atom. The normalized spacial score (nSPS) is 20.9. The van der Waals surface area contributed by atoms with Crippen molar-refractivity contribution < 1.29 is 0 Å². The summed E-state index contributed by atoms with van der Waals surface area (Å²) in [6.07, 6.45) is 7.00. The lowest BCUT2D eigenvalue weighted by molar-refractivity contribution is 0.189. The van der Waals surface area contributed by atoms with Crippen LogP contribution in [0.25, 0.3) is 0 Å². The summed E-state index contributed by atoms with van der Waals surface area (Å²) in [6, 6.07) is 9.07. The Balaban J connectivity index is 1.61. The SMILES string of the molecule is CN=C(NCc1ccc(N(C)C)cc1)N1CCC(C)C(n2ccnc2)C1. The number of aliphatic imine (C=N–C) groups is 1. The van der Waals surface area contributed by atoms with E-state index in [-0.39, 0.29) is 0 Å². The molecule has 2 aromatic rings. The number of nitrogens with zero attached hydrogens (tertiary/aromatic N) is 5. The lowest BCUT2D eigenvalue weighted by Gasteiger charge is -2.39. The van der Waals surface area contributed by atoms with Gasteiger partial charge in [-0.1, -0.05) is 19.1 Å². The van der Waals surface area contributed by atoms with Crippen LogP contribution in [0, 0.1) is 5.92 Å². The van der Waals surface area contributed by atoms with Crippen LogP contribution in [0.1, 0.15) is 24.9 Å². The second-order valence-electron chi connectivity index (χ2n) is 7.25. The highest BCUT2D eigenvalue weighted by atomic mass is 15.3. The molecule has 1 fully saturated rings. The second kappa shape index (κ2) is 8.25. The maximum absolute atomic E-state index is 4.51. The van der Waals surface area contributed by atoms with Crippen LogP contribution in [0.2, 0.25) is 0 Å². The van der Waals surface area contributed by atoms with Gasteiger partial charge in [-0.25, -0.2) is 4.98 Å². The maximum atomic E-state index is 4.51. The van der Waals surface area contributed by atoms with Crippen molar-refractivity contribution in [1.82, 2.24) is 19.8 Å². The van der Waals surface area contributed by atoms with E-state index in [1.165, 1.54) is 11.3 Å². The molecular weight excluding hydrogens is 324 g/mol. The quantitative estimate of drug-likeness (QED) is 0.677. The van der Waals surface area contributed by atoms with E-state index in [4.69, 9.17) is 0 Å². The number of hydrogen-bond acceptors (Lipinski definition) is 3. The summed E-state index contributed by atoms with van der Waals surface area (Å²) in [5.74, 6) is 1.61. The molecule has 1 aromatic heterocycles. The number of anilines is 1. The Hall–Kier alpha value is -2.50. The van der Waals surface area contributed by atoms with E-state index < -0.39 is 0 Å². The van der Waals surface area contributed by atoms with Gasteiger partial charge in [0, 0.05) is 58.9 Å². The number of benzene rings is 1. The van der Waals surface area contributed by atoms with Gasteiger partial charge in [-0.05, 0) is 30.0 Å². The molecule has 0 saturated carbocycles. The molecule has 2 unspecified atom stereocenters. The smallest absolute Gasteiger partial charge is 0.193 e. The summed E-state index contributed by atoms with van der Waals surface area (Å²) in [6.45, 7) is 5.09. The van der Waals surface area contributed by atoms with E-state index in [1.54, 1.807) is 0 Å². The zero-order chi connectivity index (χ0) is 18.5. The van der Waals surface area contributed by atoms with Crippen molar-refractivity contribution in [3.63, 3.8) is 0 Å². The standard InChI is InChI=1S/C20H30N6/c1-16-9-11-25(14-19(16)26-12-10-22-15-26)20(21-2)23-13-17-5-7-18(8-6-17)24(3)4/h5-8,10,12,15-16,19H,9,11,13-14H2,1-4H3,(H,21,23). The van der Waals surface area contributed by atoms with Gasteiger partial charge in [-0.2, -0.15) is 0 Å². The summed E-state index contributed by atoms with van der Waals surface area (Å²) in [5.41, 5.74) is 2.47. The Morgan fingerprint density at radius 3 is 2.69 bits per heavy atom. The highest BCUT2D eigenvalue weighted by molar-refractivity contribution is 5.80. The zero-order valence-electron chi connectivity index (χ0n) is 16.3. The van der Waals surface area contributed by atoms with Crippen molar-refractivity contribution in [2.45, 2.75) is 25.9 Å². The molecular formula is C20H30N6. The van der Waals surface area contributed by atoms with E-state index in [2.05, 4.69) is 81.1 Å². The van der Waals surface area contributed by atoms with Crippen molar-refractivity contribution in [2.24, 2.45) is 10.9 Å². The summed E-state index contributed by atoms with van der Waals surface area (Å²) >= 11 is 0. The van der Waals surface area contributed by atoms with Gasteiger partial charge in [0.25, 0.3) is 0 Å². The third kappa shape index (κ3) is 4.18. The molecule has 0 spiro atoms. The molecule has 1 aliphatic rings. The van der Waals surface area contributed by atoms with E-state index in [0.29, 0.717) is 12.0 Å². The van der Waals surface area contributed by atoms with Crippen LogP contribution in [-0.4, -0.2) is 54.6 Å². The Labute approximate surface area is 156 Å². The van der Waals surface area contributed by atoms with Gasteiger partial charge in [-0.3, -0.25) is 4.99 Å². The second-order valence-corrected chi connectivity index (χ2v) is 7.25. The van der Waals surface area contributed by atoms with E-state index in [0.717, 1.165) is 32.0 Å². The number of piperidine rings is 1. The largest absolute Gasteiger partial charge is 0.378 e. The molecule has 2 heterocycles. The molecule has 0 radical (unpaired) electrons. The number of nitrogens with one attached hydrogen (secondary N) is 1. The van der Waals surface area contributed by atoms with Gasteiger partial charge in [0.15, 0.2) is 5.96 Å². The topological polar surface area (TPSA) is 48.7 Å². The van der Waals surface area contributed by atoms with Crippen LogP contribution < -0.4 is 10.2 Å². The summed E-state index contributed by atoms with van der Waals surface area (Å²) in [7, 11) is 5.98. The Morgan fingerprint density at radius 1 is 1.31 bits per heavy atom. The molecule has 1 saturated heterocycles. The van der Waals surface area contributed by atoms with Gasteiger partial charge in [-0.15, -0.1) is 0 Å². The average Bonchev–Trinajstić information content (AvgIpc) is 3.18. The molecule has 0 amide bonds.